The molecule has 0 spiro atoms. The molecule has 2 atom stereocenters. The fourth-order valence-electron chi connectivity index (χ4n) is 3.62. The van der Waals surface area contributed by atoms with Gasteiger partial charge in [0.25, 0.3) is 0 Å². The molecule has 4 nitrogen and oxygen atoms in total. The van der Waals surface area contributed by atoms with E-state index in [0.717, 1.165) is 6.42 Å². The zero-order valence-electron chi connectivity index (χ0n) is 14.3. The van der Waals surface area contributed by atoms with Gasteiger partial charge in [-0.1, -0.05) is 20.8 Å². The van der Waals surface area contributed by atoms with Crippen molar-refractivity contribution in [2.75, 3.05) is 7.05 Å². The summed E-state index contributed by atoms with van der Waals surface area (Å²) >= 11 is 0. The molecule has 0 amide bonds. The fourth-order valence-corrected chi connectivity index (χ4v) is 3.62. The highest BCUT2D eigenvalue weighted by Gasteiger charge is 2.34. The Balaban J connectivity index is 2.13. The van der Waals surface area contributed by atoms with Gasteiger partial charge in [-0.2, -0.15) is 5.10 Å². The van der Waals surface area contributed by atoms with Gasteiger partial charge in [-0.15, -0.1) is 0 Å². The van der Waals surface area contributed by atoms with Gasteiger partial charge in [0, 0.05) is 30.9 Å². The molecule has 2 unspecified atom stereocenters. The number of hydrogen-bond acceptors (Lipinski definition) is 3. The number of aryl methyl sites for hydroxylation is 1. The second kappa shape index (κ2) is 6.49. The van der Waals surface area contributed by atoms with Crippen molar-refractivity contribution >= 4 is 0 Å². The Morgan fingerprint density at radius 1 is 1.43 bits per heavy atom. The first-order valence-electron chi connectivity index (χ1n) is 8.30. The van der Waals surface area contributed by atoms with E-state index in [4.69, 9.17) is 5.73 Å². The van der Waals surface area contributed by atoms with Crippen LogP contribution in [0.3, 0.4) is 0 Å². The second-order valence-corrected chi connectivity index (χ2v) is 7.53. The molecule has 120 valence electrons. The van der Waals surface area contributed by atoms with Crippen molar-refractivity contribution in [1.29, 1.82) is 0 Å². The summed E-state index contributed by atoms with van der Waals surface area (Å²) in [5, 5.41) is 4.34. The predicted molar refractivity (Wildman–Crippen MR) is 88.0 cm³/mol. The number of aromatic nitrogens is 2. The van der Waals surface area contributed by atoms with Crippen LogP contribution in [0.2, 0.25) is 0 Å². The van der Waals surface area contributed by atoms with Crippen LogP contribution < -0.4 is 5.73 Å². The van der Waals surface area contributed by atoms with E-state index in [-0.39, 0.29) is 12.1 Å². The lowest BCUT2D eigenvalue weighted by atomic mass is 9.75. The first-order valence-corrected chi connectivity index (χ1v) is 8.30. The Labute approximate surface area is 129 Å². The summed E-state index contributed by atoms with van der Waals surface area (Å²) in [7, 11) is 4.22. The van der Waals surface area contributed by atoms with E-state index < -0.39 is 0 Å². The average Bonchev–Trinajstić information content (AvgIpc) is 2.84. The van der Waals surface area contributed by atoms with Crippen molar-refractivity contribution in [2.24, 2.45) is 18.2 Å². The van der Waals surface area contributed by atoms with Gasteiger partial charge >= 0.3 is 0 Å². The molecule has 2 N–H and O–H groups in total. The Bertz CT molecular complexity index is 441. The van der Waals surface area contributed by atoms with Crippen molar-refractivity contribution in [3.63, 3.8) is 0 Å². The molecule has 1 aromatic rings. The lowest BCUT2D eigenvalue weighted by Crippen LogP contribution is -2.45. The number of nitrogens with zero attached hydrogens (tertiary/aromatic N) is 3. The van der Waals surface area contributed by atoms with E-state index in [1.54, 1.807) is 0 Å². The zero-order chi connectivity index (χ0) is 15.6. The van der Waals surface area contributed by atoms with Crippen LogP contribution in [-0.2, 0) is 7.05 Å². The molecule has 4 heteroatoms. The maximum Gasteiger partial charge on any atom is 0.0538 e. The van der Waals surface area contributed by atoms with Crippen molar-refractivity contribution in [1.82, 2.24) is 14.7 Å². The average molecular weight is 292 g/mol. The van der Waals surface area contributed by atoms with E-state index in [9.17, 15) is 0 Å². The maximum absolute atomic E-state index is 6.44. The van der Waals surface area contributed by atoms with Crippen LogP contribution in [0.4, 0.5) is 0 Å². The minimum atomic E-state index is 0.161. The lowest BCUT2D eigenvalue weighted by molar-refractivity contribution is 0.0826. The van der Waals surface area contributed by atoms with Crippen LogP contribution in [-0.4, -0.2) is 33.8 Å². The molecular weight excluding hydrogens is 260 g/mol. The van der Waals surface area contributed by atoms with E-state index in [1.165, 1.54) is 31.2 Å². The van der Waals surface area contributed by atoms with E-state index in [0.29, 0.717) is 11.5 Å². The monoisotopic (exact) mass is 292 g/mol. The van der Waals surface area contributed by atoms with Gasteiger partial charge in [-0.25, -0.2) is 0 Å². The molecule has 0 radical (unpaired) electrons. The summed E-state index contributed by atoms with van der Waals surface area (Å²) < 4.78 is 1.88. The van der Waals surface area contributed by atoms with Gasteiger partial charge in [0.2, 0.25) is 0 Å². The van der Waals surface area contributed by atoms with Gasteiger partial charge in [-0.3, -0.25) is 9.58 Å². The number of likely N-dealkylation sites (N-methyl/N-ethyl adjacent to an activating group) is 1. The molecule has 21 heavy (non-hydrogen) atoms. The van der Waals surface area contributed by atoms with Crippen LogP contribution in [0, 0.1) is 5.41 Å². The van der Waals surface area contributed by atoms with E-state index in [1.807, 2.05) is 17.9 Å². The first kappa shape index (κ1) is 16.5. The number of rotatable bonds is 5. The third kappa shape index (κ3) is 3.86. The van der Waals surface area contributed by atoms with Crippen molar-refractivity contribution < 1.29 is 0 Å². The highest BCUT2D eigenvalue weighted by Crippen LogP contribution is 2.39. The van der Waals surface area contributed by atoms with Crippen LogP contribution in [0.25, 0.3) is 0 Å². The fraction of sp³-hybridized carbons (Fsp3) is 0.824. The van der Waals surface area contributed by atoms with Crippen LogP contribution in [0.5, 0.6) is 0 Å². The van der Waals surface area contributed by atoms with E-state index >= 15 is 0 Å². The molecule has 2 rings (SSSR count). The summed E-state index contributed by atoms with van der Waals surface area (Å²) in [6.45, 7) is 6.95. The van der Waals surface area contributed by atoms with Gasteiger partial charge < -0.3 is 5.73 Å². The highest BCUT2D eigenvalue weighted by molar-refractivity contribution is 5.14. The normalized spacial score (nSPS) is 22.4. The highest BCUT2D eigenvalue weighted by atomic mass is 15.3. The van der Waals surface area contributed by atoms with E-state index in [2.05, 4.69) is 44.0 Å². The molecule has 1 saturated carbocycles. The quantitative estimate of drug-likeness (QED) is 0.907. The topological polar surface area (TPSA) is 47.1 Å². The first-order chi connectivity index (χ1) is 9.84. The Kier molecular flexibility index (Phi) is 5.10. The molecular formula is C17H32N4. The molecule has 1 aliphatic carbocycles. The van der Waals surface area contributed by atoms with Gasteiger partial charge in [0.1, 0.15) is 0 Å². The van der Waals surface area contributed by atoms with Gasteiger partial charge in [-0.05, 0) is 44.6 Å². The van der Waals surface area contributed by atoms with Crippen molar-refractivity contribution in [3.8, 4) is 0 Å². The molecule has 0 aromatic carbocycles. The zero-order valence-corrected chi connectivity index (χ0v) is 14.3. The standard InChI is InChI=1S/C17H32N4/c1-6-15(18)16(13-11-19-20(4)12-13)21(5)14-7-9-17(2,3)10-8-14/h11-12,14-16H,6-10,18H2,1-5H3. The molecule has 0 aliphatic heterocycles. The van der Waals surface area contributed by atoms with Crippen LogP contribution >= 0.6 is 0 Å². The Morgan fingerprint density at radius 2 is 2.05 bits per heavy atom. The molecule has 0 saturated heterocycles. The molecule has 1 heterocycles. The minimum Gasteiger partial charge on any atom is -0.326 e. The third-order valence-electron chi connectivity index (χ3n) is 5.27. The van der Waals surface area contributed by atoms with Crippen molar-refractivity contribution in [3.05, 3.63) is 18.0 Å². The molecule has 0 bridgehead atoms. The minimum absolute atomic E-state index is 0.161. The number of hydrogen-bond donors (Lipinski definition) is 1. The number of nitrogens with two attached hydrogens (primary N) is 1. The molecule has 1 aliphatic rings. The maximum atomic E-state index is 6.44. The summed E-state index contributed by atoms with van der Waals surface area (Å²) in [6, 6.07) is 1.07. The lowest BCUT2D eigenvalue weighted by Gasteiger charge is -2.43. The summed E-state index contributed by atoms with van der Waals surface area (Å²) in [6.07, 6.45) is 10.2. The van der Waals surface area contributed by atoms with Crippen molar-refractivity contribution in [2.45, 2.75) is 71.0 Å². The SMILES string of the molecule is CCC(N)C(c1cnn(C)c1)N(C)C1CCC(C)(C)CC1. The Hall–Kier alpha value is -0.870. The summed E-state index contributed by atoms with van der Waals surface area (Å²) in [5.74, 6) is 0. The van der Waals surface area contributed by atoms with Crippen LogP contribution in [0.1, 0.15) is 64.5 Å². The molecule has 1 fully saturated rings. The summed E-state index contributed by atoms with van der Waals surface area (Å²) in [4.78, 5) is 2.51. The third-order valence-corrected chi connectivity index (χ3v) is 5.27. The largest absolute Gasteiger partial charge is 0.326 e. The van der Waals surface area contributed by atoms with Gasteiger partial charge in [0.15, 0.2) is 0 Å². The smallest absolute Gasteiger partial charge is 0.0538 e. The molecule has 1 aromatic heterocycles. The predicted octanol–water partition coefficient (Wildman–Crippen LogP) is 3.10. The summed E-state index contributed by atoms with van der Waals surface area (Å²) in [5.41, 5.74) is 8.20. The van der Waals surface area contributed by atoms with Gasteiger partial charge in [0.05, 0.1) is 12.2 Å². The Morgan fingerprint density at radius 3 is 2.52 bits per heavy atom. The van der Waals surface area contributed by atoms with Crippen LogP contribution in [0.15, 0.2) is 12.4 Å². The second-order valence-electron chi connectivity index (χ2n) is 7.53.